The molecule has 0 fully saturated rings. The first-order valence-electron chi connectivity index (χ1n) is 6.79. The number of thioether (sulfide) groups is 1. The maximum Gasteiger partial charge on any atom is 0.247 e. The van der Waals surface area contributed by atoms with Crippen molar-refractivity contribution in [2.45, 2.75) is 11.8 Å². The van der Waals surface area contributed by atoms with Crippen molar-refractivity contribution in [2.24, 2.45) is 0 Å². The SMILES string of the molecule is CCOc1nc(N)nc2ncc(-c3ccccc3SC)nc12. The Morgan fingerprint density at radius 2 is 2.00 bits per heavy atom. The number of rotatable bonds is 4. The second-order valence-electron chi connectivity index (χ2n) is 4.45. The van der Waals surface area contributed by atoms with Crippen LogP contribution in [0, 0.1) is 0 Å². The highest BCUT2D eigenvalue weighted by Gasteiger charge is 2.13. The molecule has 0 unspecified atom stereocenters. The Kier molecular flexibility index (Phi) is 4.06. The van der Waals surface area contributed by atoms with Crippen LogP contribution < -0.4 is 10.5 Å². The van der Waals surface area contributed by atoms with Gasteiger partial charge in [-0.15, -0.1) is 11.8 Å². The summed E-state index contributed by atoms with van der Waals surface area (Å²) in [5.74, 6) is 0.489. The van der Waals surface area contributed by atoms with Crippen LogP contribution in [0.5, 0.6) is 5.88 Å². The van der Waals surface area contributed by atoms with Crippen molar-refractivity contribution in [1.82, 2.24) is 19.9 Å². The Hall–Kier alpha value is -2.41. The van der Waals surface area contributed by atoms with Gasteiger partial charge in [-0.05, 0) is 19.2 Å². The second kappa shape index (κ2) is 6.15. The first-order valence-corrected chi connectivity index (χ1v) is 8.02. The summed E-state index contributed by atoms with van der Waals surface area (Å²) >= 11 is 1.66. The molecular weight excluding hydrogens is 298 g/mol. The van der Waals surface area contributed by atoms with Crippen molar-refractivity contribution < 1.29 is 4.74 Å². The molecule has 0 spiro atoms. The van der Waals surface area contributed by atoms with Crippen LogP contribution in [-0.4, -0.2) is 32.8 Å². The van der Waals surface area contributed by atoms with Crippen LogP contribution in [0.1, 0.15) is 6.92 Å². The minimum absolute atomic E-state index is 0.127. The van der Waals surface area contributed by atoms with Crippen molar-refractivity contribution in [3.05, 3.63) is 30.5 Å². The maximum atomic E-state index is 5.68. The quantitative estimate of drug-likeness (QED) is 0.741. The topological polar surface area (TPSA) is 86.8 Å². The van der Waals surface area contributed by atoms with Crippen LogP contribution in [0.15, 0.2) is 35.4 Å². The molecule has 0 amide bonds. The van der Waals surface area contributed by atoms with Gasteiger partial charge in [0.1, 0.15) is 0 Å². The molecule has 0 saturated heterocycles. The van der Waals surface area contributed by atoms with Crippen molar-refractivity contribution in [3.8, 4) is 17.1 Å². The average Bonchev–Trinajstić information content (AvgIpc) is 2.54. The highest BCUT2D eigenvalue weighted by atomic mass is 32.2. The van der Waals surface area contributed by atoms with Gasteiger partial charge in [-0.1, -0.05) is 18.2 Å². The molecule has 6 nitrogen and oxygen atoms in total. The van der Waals surface area contributed by atoms with Crippen LogP contribution in [0.2, 0.25) is 0 Å². The number of nitrogens with two attached hydrogens (primary N) is 1. The Morgan fingerprint density at radius 3 is 2.77 bits per heavy atom. The highest BCUT2D eigenvalue weighted by Crippen LogP contribution is 2.30. The molecule has 0 aliphatic heterocycles. The Labute approximate surface area is 132 Å². The van der Waals surface area contributed by atoms with E-state index in [9.17, 15) is 0 Å². The molecule has 2 heterocycles. The van der Waals surface area contributed by atoms with E-state index in [1.54, 1.807) is 18.0 Å². The third-order valence-electron chi connectivity index (χ3n) is 3.06. The summed E-state index contributed by atoms with van der Waals surface area (Å²) in [4.78, 5) is 18.3. The fourth-order valence-corrected chi connectivity index (χ4v) is 2.73. The van der Waals surface area contributed by atoms with Gasteiger partial charge in [0, 0.05) is 10.5 Å². The number of benzene rings is 1. The second-order valence-corrected chi connectivity index (χ2v) is 5.30. The zero-order chi connectivity index (χ0) is 15.5. The van der Waals surface area contributed by atoms with E-state index in [2.05, 4.69) is 26.0 Å². The molecule has 112 valence electrons. The summed E-state index contributed by atoms with van der Waals surface area (Å²) in [5, 5.41) is 0. The number of aromatic nitrogens is 4. The largest absolute Gasteiger partial charge is 0.476 e. The molecule has 2 N–H and O–H groups in total. The molecule has 0 radical (unpaired) electrons. The summed E-state index contributed by atoms with van der Waals surface area (Å²) in [6, 6.07) is 8.04. The smallest absolute Gasteiger partial charge is 0.247 e. The van der Waals surface area contributed by atoms with Gasteiger partial charge in [-0.3, -0.25) is 0 Å². The van der Waals surface area contributed by atoms with E-state index in [0.717, 1.165) is 16.2 Å². The van der Waals surface area contributed by atoms with Gasteiger partial charge in [0.2, 0.25) is 11.8 Å². The first-order chi connectivity index (χ1) is 10.7. The fraction of sp³-hybridized carbons (Fsp3) is 0.200. The molecule has 0 bridgehead atoms. The Balaban J connectivity index is 2.20. The summed E-state index contributed by atoms with van der Waals surface area (Å²) < 4.78 is 5.51. The van der Waals surface area contributed by atoms with E-state index in [1.807, 2.05) is 31.4 Å². The summed E-state index contributed by atoms with van der Waals surface area (Å²) in [7, 11) is 0. The number of nitrogens with zero attached hydrogens (tertiary/aromatic N) is 4. The molecule has 3 rings (SSSR count). The van der Waals surface area contributed by atoms with E-state index in [1.165, 1.54) is 0 Å². The number of anilines is 1. The lowest BCUT2D eigenvalue weighted by atomic mass is 10.1. The molecule has 0 saturated carbocycles. The summed E-state index contributed by atoms with van der Waals surface area (Å²) in [5.41, 5.74) is 8.40. The van der Waals surface area contributed by atoms with E-state index in [-0.39, 0.29) is 5.95 Å². The molecule has 2 aromatic heterocycles. The number of ether oxygens (including phenoxy) is 1. The molecule has 3 aromatic rings. The van der Waals surface area contributed by atoms with Crippen LogP contribution in [-0.2, 0) is 0 Å². The van der Waals surface area contributed by atoms with Crippen molar-refractivity contribution in [2.75, 3.05) is 18.6 Å². The van der Waals surface area contributed by atoms with Gasteiger partial charge in [-0.2, -0.15) is 9.97 Å². The van der Waals surface area contributed by atoms with Gasteiger partial charge in [0.05, 0.1) is 18.5 Å². The van der Waals surface area contributed by atoms with Gasteiger partial charge >= 0.3 is 0 Å². The molecule has 7 heteroatoms. The molecule has 22 heavy (non-hydrogen) atoms. The van der Waals surface area contributed by atoms with E-state index in [0.29, 0.717) is 23.7 Å². The molecule has 0 atom stereocenters. The maximum absolute atomic E-state index is 5.68. The Bertz CT molecular complexity index is 824. The van der Waals surface area contributed by atoms with E-state index >= 15 is 0 Å². The zero-order valence-corrected chi connectivity index (χ0v) is 13.1. The number of nitrogen functional groups attached to an aromatic ring is 1. The monoisotopic (exact) mass is 313 g/mol. The van der Waals surface area contributed by atoms with Gasteiger partial charge in [0.15, 0.2) is 11.2 Å². The third kappa shape index (κ3) is 2.67. The Morgan fingerprint density at radius 1 is 1.18 bits per heavy atom. The lowest BCUT2D eigenvalue weighted by Crippen LogP contribution is -2.04. The average molecular weight is 313 g/mol. The normalized spacial score (nSPS) is 10.8. The minimum atomic E-state index is 0.127. The molecule has 1 aromatic carbocycles. The standard InChI is InChI=1S/C15H15N5OS/c1-3-21-14-12-13(19-15(16)20-14)17-8-10(18-12)9-6-4-5-7-11(9)22-2/h4-8H,3H2,1-2H3,(H2,16,17,19,20). The predicted molar refractivity (Wildman–Crippen MR) is 87.9 cm³/mol. The van der Waals surface area contributed by atoms with Crippen molar-refractivity contribution >= 4 is 28.9 Å². The lowest BCUT2D eigenvalue weighted by Gasteiger charge is -2.09. The van der Waals surface area contributed by atoms with E-state index in [4.69, 9.17) is 10.5 Å². The first kappa shape index (κ1) is 14.5. The van der Waals surface area contributed by atoms with Gasteiger partial charge in [0.25, 0.3) is 0 Å². The van der Waals surface area contributed by atoms with Crippen molar-refractivity contribution in [1.29, 1.82) is 0 Å². The molecule has 0 aliphatic carbocycles. The highest BCUT2D eigenvalue weighted by molar-refractivity contribution is 7.98. The number of hydrogen-bond acceptors (Lipinski definition) is 7. The zero-order valence-electron chi connectivity index (χ0n) is 12.3. The summed E-state index contributed by atoms with van der Waals surface area (Å²) in [6.45, 7) is 2.35. The molecular formula is C15H15N5OS. The van der Waals surface area contributed by atoms with Crippen LogP contribution in [0.3, 0.4) is 0 Å². The van der Waals surface area contributed by atoms with Gasteiger partial charge < -0.3 is 10.5 Å². The van der Waals surface area contributed by atoms with Crippen LogP contribution in [0.25, 0.3) is 22.4 Å². The van der Waals surface area contributed by atoms with Crippen molar-refractivity contribution in [3.63, 3.8) is 0 Å². The fourth-order valence-electron chi connectivity index (χ4n) is 2.12. The predicted octanol–water partition coefficient (Wildman–Crippen LogP) is 2.79. The number of hydrogen-bond donors (Lipinski definition) is 1. The minimum Gasteiger partial charge on any atom is -0.476 e. The summed E-state index contributed by atoms with van der Waals surface area (Å²) in [6.07, 6.45) is 3.72. The van der Waals surface area contributed by atoms with E-state index < -0.39 is 0 Å². The molecule has 0 aliphatic rings. The number of fused-ring (bicyclic) bond motifs is 1. The lowest BCUT2D eigenvalue weighted by molar-refractivity contribution is 0.330. The van der Waals surface area contributed by atoms with Crippen LogP contribution in [0.4, 0.5) is 5.95 Å². The third-order valence-corrected chi connectivity index (χ3v) is 3.85. The van der Waals surface area contributed by atoms with Crippen LogP contribution >= 0.6 is 11.8 Å². The van der Waals surface area contributed by atoms with Gasteiger partial charge in [-0.25, -0.2) is 9.97 Å².